The number of anilines is 3. The van der Waals surface area contributed by atoms with Crippen molar-refractivity contribution >= 4 is 29.2 Å². The highest BCUT2D eigenvalue weighted by Crippen LogP contribution is 2.23. The lowest BCUT2D eigenvalue weighted by molar-refractivity contribution is 0.312. The number of nitrogens with two attached hydrogens (primary N) is 2. The van der Waals surface area contributed by atoms with Crippen LogP contribution in [0.1, 0.15) is 45.4 Å². The van der Waals surface area contributed by atoms with Gasteiger partial charge in [-0.15, -0.1) is 0 Å². The number of allylic oxidation sites excluding steroid dienone is 2. The fourth-order valence-corrected chi connectivity index (χ4v) is 3.19. The molecule has 2 aromatic heterocycles. The maximum absolute atomic E-state index is 5.71. The van der Waals surface area contributed by atoms with Crippen molar-refractivity contribution in [2.75, 3.05) is 43.4 Å². The van der Waals surface area contributed by atoms with Crippen molar-refractivity contribution in [3.8, 4) is 0 Å². The van der Waals surface area contributed by atoms with Crippen LogP contribution in [0.25, 0.3) is 5.57 Å². The Labute approximate surface area is 216 Å². The molecule has 0 spiro atoms. The van der Waals surface area contributed by atoms with Crippen molar-refractivity contribution in [3.63, 3.8) is 0 Å². The van der Waals surface area contributed by atoms with Gasteiger partial charge in [-0.1, -0.05) is 40.7 Å². The number of rotatable bonds is 7. The van der Waals surface area contributed by atoms with Gasteiger partial charge in [0.1, 0.15) is 5.82 Å². The van der Waals surface area contributed by atoms with Crippen molar-refractivity contribution in [2.24, 2.45) is 16.5 Å². The maximum Gasteiger partial charge on any atom is 0.227 e. The van der Waals surface area contributed by atoms with Crippen LogP contribution in [0.5, 0.6) is 0 Å². The molecule has 0 bridgehead atoms. The predicted molar refractivity (Wildman–Crippen MR) is 154 cm³/mol. The normalized spacial score (nSPS) is 14.2. The quantitative estimate of drug-likeness (QED) is 0.381. The van der Waals surface area contributed by atoms with Crippen molar-refractivity contribution in [3.05, 3.63) is 66.5 Å². The molecular weight excluding hydrogens is 450 g/mol. The summed E-state index contributed by atoms with van der Waals surface area (Å²) in [6, 6.07) is 4.01. The van der Waals surface area contributed by atoms with Gasteiger partial charge in [0, 0.05) is 68.3 Å². The number of nitrogens with one attached hydrogen (secondary N) is 1. The molecule has 1 saturated heterocycles. The van der Waals surface area contributed by atoms with Crippen LogP contribution in [0.2, 0.25) is 0 Å². The number of pyridine rings is 1. The summed E-state index contributed by atoms with van der Waals surface area (Å²) in [4.78, 5) is 22.2. The van der Waals surface area contributed by atoms with E-state index in [4.69, 9.17) is 11.5 Å². The van der Waals surface area contributed by atoms with Crippen molar-refractivity contribution < 1.29 is 0 Å². The van der Waals surface area contributed by atoms with E-state index in [1.165, 1.54) is 25.0 Å². The highest BCUT2D eigenvalue weighted by atomic mass is 15.3. The van der Waals surface area contributed by atoms with Gasteiger partial charge < -0.3 is 26.6 Å². The van der Waals surface area contributed by atoms with Gasteiger partial charge in [-0.25, -0.2) is 15.0 Å². The maximum atomic E-state index is 5.71. The lowest BCUT2D eigenvalue weighted by atomic mass is 10.0. The van der Waals surface area contributed by atoms with Gasteiger partial charge in [0.2, 0.25) is 5.95 Å². The molecule has 0 radical (unpaired) electrons. The monoisotopic (exact) mass is 493 g/mol. The third-order valence-electron chi connectivity index (χ3n) is 5.05. The van der Waals surface area contributed by atoms with E-state index in [1.54, 1.807) is 18.6 Å². The van der Waals surface area contributed by atoms with Crippen LogP contribution in [0.4, 0.5) is 17.5 Å². The van der Waals surface area contributed by atoms with Gasteiger partial charge in [-0.3, -0.25) is 4.99 Å². The zero-order valence-electron chi connectivity index (χ0n) is 22.7. The Morgan fingerprint density at radius 1 is 1.11 bits per heavy atom. The molecule has 2 aromatic rings. The summed E-state index contributed by atoms with van der Waals surface area (Å²) in [5.41, 5.74) is 14.7. The first-order valence-electron chi connectivity index (χ1n) is 12.4. The largest absolute Gasteiger partial charge is 0.404 e. The van der Waals surface area contributed by atoms with E-state index in [1.807, 2.05) is 32.9 Å². The van der Waals surface area contributed by atoms with Gasteiger partial charge >= 0.3 is 0 Å². The Kier molecular flexibility index (Phi) is 14.2. The lowest BCUT2D eigenvalue weighted by Gasteiger charge is -2.33. The van der Waals surface area contributed by atoms with Crippen LogP contribution in [-0.2, 0) is 0 Å². The molecule has 1 fully saturated rings. The van der Waals surface area contributed by atoms with Crippen LogP contribution < -0.4 is 21.7 Å². The molecule has 0 aliphatic carbocycles. The molecule has 0 atom stereocenters. The highest BCUT2D eigenvalue weighted by molar-refractivity contribution is 6.00. The summed E-state index contributed by atoms with van der Waals surface area (Å²) in [6.07, 6.45) is 10.6. The summed E-state index contributed by atoms with van der Waals surface area (Å²) in [5, 5.41) is 3.20. The second kappa shape index (κ2) is 16.8. The summed E-state index contributed by atoms with van der Waals surface area (Å²) in [5.74, 6) is 1.47. The minimum Gasteiger partial charge on any atom is -0.404 e. The van der Waals surface area contributed by atoms with Gasteiger partial charge in [0.15, 0.2) is 0 Å². The standard InChI is InChI=1S/C22H29N9.C3H8.C2H6/c1-16(18(12-24)13-25-7-6-23)20-15-27-22(28-17(20)2)29-19-4-5-21(26-14-19)31-10-8-30(3)9-11-31;1-3-2;1-2/h4-7,12-15H,1,8-11,23-24H2,2-3H3,(H,27,28,29);3H2,1-2H3;1-2H3/b7-6-,18-12+,25-13+;;. The Bertz CT molecular complexity index is 1000. The van der Waals surface area contributed by atoms with Crippen LogP contribution in [0.3, 0.4) is 0 Å². The summed E-state index contributed by atoms with van der Waals surface area (Å²) in [7, 11) is 2.14. The number of piperazine rings is 1. The average molecular weight is 494 g/mol. The molecule has 0 aromatic carbocycles. The van der Waals surface area contributed by atoms with Gasteiger partial charge in [0.25, 0.3) is 0 Å². The third kappa shape index (κ3) is 9.50. The summed E-state index contributed by atoms with van der Waals surface area (Å²) < 4.78 is 0. The third-order valence-corrected chi connectivity index (χ3v) is 5.05. The molecular formula is C27H43N9. The lowest BCUT2D eigenvalue weighted by Crippen LogP contribution is -2.44. The zero-order valence-corrected chi connectivity index (χ0v) is 22.7. The van der Waals surface area contributed by atoms with Gasteiger partial charge in [-0.2, -0.15) is 0 Å². The Hall–Kier alpha value is -3.72. The Morgan fingerprint density at radius 3 is 2.31 bits per heavy atom. The average Bonchev–Trinajstić information content (AvgIpc) is 2.89. The van der Waals surface area contributed by atoms with Crippen molar-refractivity contribution in [1.29, 1.82) is 0 Å². The zero-order chi connectivity index (χ0) is 26.9. The van der Waals surface area contributed by atoms with Gasteiger partial charge in [0.05, 0.1) is 17.6 Å². The molecule has 3 rings (SSSR count). The second-order valence-corrected chi connectivity index (χ2v) is 7.94. The predicted octanol–water partition coefficient (Wildman–Crippen LogP) is 4.47. The second-order valence-electron chi connectivity index (χ2n) is 7.94. The first kappa shape index (κ1) is 30.3. The topological polar surface area (TPSA) is 122 Å². The smallest absolute Gasteiger partial charge is 0.227 e. The van der Waals surface area contributed by atoms with E-state index >= 15 is 0 Å². The molecule has 5 N–H and O–H groups in total. The summed E-state index contributed by atoms with van der Waals surface area (Å²) >= 11 is 0. The van der Waals surface area contributed by atoms with E-state index in [0.29, 0.717) is 17.1 Å². The molecule has 196 valence electrons. The van der Waals surface area contributed by atoms with E-state index in [2.05, 4.69) is 62.5 Å². The molecule has 9 nitrogen and oxygen atoms in total. The molecule has 1 aliphatic rings. The molecule has 0 saturated carbocycles. The number of likely N-dealkylation sites (N-methyl/N-ethyl adjacent to an activating group) is 1. The Morgan fingerprint density at radius 2 is 1.78 bits per heavy atom. The van der Waals surface area contributed by atoms with Crippen LogP contribution >= 0.6 is 0 Å². The van der Waals surface area contributed by atoms with Crippen molar-refractivity contribution in [1.82, 2.24) is 19.9 Å². The first-order chi connectivity index (χ1) is 17.4. The minimum atomic E-state index is 0.487. The molecule has 0 unspecified atom stereocenters. The number of aryl methyl sites for hydroxylation is 1. The first-order valence-corrected chi connectivity index (χ1v) is 12.4. The SMILES string of the molecule is C=C(C(=C/N)/C=N/C=C\N)c1cnc(Nc2ccc(N3CCN(C)CC3)nc2)nc1C.CC.CCC. The van der Waals surface area contributed by atoms with Crippen LogP contribution in [-0.4, -0.2) is 59.3 Å². The number of hydrogen-bond acceptors (Lipinski definition) is 9. The van der Waals surface area contributed by atoms with E-state index < -0.39 is 0 Å². The van der Waals surface area contributed by atoms with E-state index in [9.17, 15) is 0 Å². The highest BCUT2D eigenvalue weighted by Gasteiger charge is 2.15. The van der Waals surface area contributed by atoms with Crippen LogP contribution in [0.15, 0.2) is 60.3 Å². The summed E-state index contributed by atoms with van der Waals surface area (Å²) in [6.45, 7) is 18.3. The van der Waals surface area contributed by atoms with E-state index in [0.717, 1.165) is 48.9 Å². The van der Waals surface area contributed by atoms with E-state index in [-0.39, 0.29) is 0 Å². The molecule has 3 heterocycles. The molecule has 1 aliphatic heterocycles. The number of hydrogen-bond donors (Lipinski definition) is 3. The fourth-order valence-electron chi connectivity index (χ4n) is 3.19. The molecule has 9 heteroatoms. The number of aliphatic imine (C=N–C) groups is 1. The van der Waals surface area contributed by atoms with Crippen molar-refractivity contribution in [2.45, 2.75) is 41.0 Å². The van der Waals surface area contributed by atoms with Gasteiger partial charge in [-0.05, 0) is 31.7 Å². The molecule has 36 heavy (non-hydrogen) atoms. The number of aromatic nitrogens is 3. The molecule has 0 amide bonds. The van der Waals surface area contributed by atoms with Crippen LogP contribution in [0, 0.1) is 6.92 Å². The number of nitrogens with zero attached hydrogens (tertiary/aromatic N) is 6. The Balaban J connectivity index is 0.00000120. The minimum absolute atomic E-state index is 0.487. The fraction of sp³-hybridized carbons (Fsp3) is 0.407.